The average Bonchev–Trinajstić information content (AvgIpc) is 3.04. The largest absolute Gasteiger partial charge is 0.465 e. The van der Waals surface area contributed by atoms with E-state index in [2.05, 4.69) is 37.4 Å². The highest BCUT2D eigenvalue weighted by Crippen LogP contribution is 2.61. The van der Waals surface area contributed by atoms with Gasteiger partial charge in [0.1, 0.15) is 5.41 Å². The van der Waals surface area contributed by atoms with Crippen LogP contribution < -0.4 is 5.19 Å². The van der Waals surface area contributed by atoms with Gasteiger partial charge in [-0.15, -0.1) is 0 Å². The monoisotopic (exact) mass is 318 g/mol. The van der Waals surface area contributed by atoms with E-state index in [4.69, 9.17) is 4.74 Å². The summed E-state index contributed by atoms with van der Waals surface area (Å²) in [6.07, 6.45) is 3.02. The summed E-state index contributed by atoms with van der Waals surface area (Å²) in [5.74, 6) is -0.157. The third-order valence-corrected chi connectivity index (χ3v) is 10.5. The summed E-state index contributed by atoms with van der Waals surface area (Å²) in [5, 5.41) is 12.6. The van der Waals surface area contributed by atoms with Crippen molar-refractivity contribution in [3.8, 4) is 0 Å². The molecule has 1 aliphatic carbocycles. The Labute approximate surface area is 133 Å². The lowest BCUT2D eigenvalue weighted by Gasteiger charge is -2.45. The summed E-state index contributed by atoms with van der Waals surface area (Å²) >= 11 is 0. The quantitative estimate of drug-likeness (QED) is 0.688. The van der Waals surface area contributed by atoms with Crippen LogP contribution in [0, 0.1) is 5.41 Å². The molecule has 1 saturated carbocycles. The van der Waals surface area contributed by atoms with Crippen LogP contribution in [0.3, 0.4) is 0 Å². The molecule has 1 aromatic carbocycles. The molecule has 3 atom stereocenters. The van der Waals surface area contributed by atoms with E-state index in [1.54, 1.807) is 0 Å². The summed E-state index contributed by atoms with van der Waals surface area (Å²) in [6, 6.07) is 10.5. The third-order valence-electron chi connectivity index (χ3n) is 6.31. The third kappa shape index (κ3) is 1.93. The second kappa shape index (κ2) is 5.20. The predicted octanol–water partition coefficient (Wildman–Crippen LogP) is 2.84. The molecule has 3 nitrogen and oxygen atoms in total. The fourth-order valence-corrected chi connectivity index (χ4v) is 8.58. The van der Waals surface area contributed by atoms with E-state index < -0.39 is 19.1 Å². The number of hydrogen-bond acceptors (Lipinski definition) is 3. The van der Waals surface area contributed by atoms with Crippen LogP contribution in [0.4, 0.5) is 0 Å². The minimum absolute atomic E-state index is 0.141. The van der Waals surface area contributed by atoms with Crippen molar-refractivity contribution in [1.29, 1.82) is 0 Å². The second-order valence-electron chi connectivity index (χ2n) is 7.45. The first-order valence-corrected chi connectivity index (χ1v) is 11.4. The summed E-state index contributed by atoms with van der Waals surface area (Å²) in [6.45, 7) is 7.08. The van der Waals surface area contributed by atoms with Gasteiger partial charge in [0.25, 0.3) is 0 Å². The van der Waals surface area contributed by atoms with E-state index in [-0.39, 0.29) is 11.5 Å². The van der Waals surface area contributed by atoms with Crippen LogP contribution in [0.15, 0.2) is 30.3 Å². The molecule has 2 aliphatic rings. The van der Waals surface area contributed by atoms with E-state index in [1.165, 1.54) is 5.19 Å². The Morgan fingerprint density at radius 1 is 1.27 bits per heavy atom. The Balaban J connectivity index is 2.08. The van der Waals surface area contributed by atoms with Gasteiger partial charge >= 0.3 is 5.97 Å². The van der Waals surface area contributed by atoms with Crippen molar-refractivity contribution in [2.24, 2.45) is 5.41 Å². The minimum Gasteiger partial charge on any atom is -0.465 e. The van der Waals surface area contributed by atoms with E-state index in [9.17, 15) is 9.90 Å². The van der Waals surface area contributed by atoms with Crippen molar-refractivity contribution < 1.29 is 14.6 Å². The van der Waals surface area contributed by atoms with E-state index in [0.29, 0.717) is 19.4 Å². The van der Waals surface area contributed by atoms with Crippen molar-refractivity contribution in [1.82, 2.24) is 0 Å². The van der Waals surface area contributed by atoms with Crippen molar-refractivity contribution in [2.45, 2.75) is 56.8 Å². The van der Waals surface area contributed by atoms with Crippen molar-refractivity contribution in [3.05, 3.63) is 30.3 Å². The zero-order valence-corrected chi connectivity index (χ0v) is 14.8. The molecule has 0 radical (unpaired) electrons. The zero-order chi connectivity index (χ0) is 16.0. The predicted molar refractivity (Wildman–Crippen MR) is 89.8 cm³/mol. The fourth-order valence-electron chi connectivity index (χ4n) is 4.86. The van der Waals surface area contributed by atoms with Gasteiger partial charge in [0.15, 0.2) is 0 Å². The first-order valence-electron chi connectivity index (χ1n) is 8.33. The van der Waals surface area contributed by atoms with E-state index in [0.717, 1.165) is 12.8 Å². The standard InChI is InChI=1S/C18H26O3Si/c1-4-17(20)11-8-12-18(17)15(13-21-16(18)19)22(2,3)14-9-6-5-7-10-14/h5-7,9-10,15,20H,4,8,11-13H2,1-3H3/t15-,17?,18?/m0/s1. The molecule has 120 valence electrons. The molecule has 1 saturated heterocycles. The number of carbonyl (C=O) groups is 1. The lowest BCUT2D eigenvalue weighted by molar-refractivity contribution is -0.158. The maximum Gasteiger partial charge on any atom is 0.315 e. The first kappa shape index (κ1) is 15.8. The molecule has 0 amide bonds. The van der Waals surface area contributed by atoms with Crippen LogP contribution in [0.25, 0.3) is 0 Å². The molecule has 2 fully saturated rings. The van der Waals surface area contributed by atoms with Gasteiger partial charge in [-0.1, -0.05) is 55.5 Å². The Kier molecular flexibility index (Phi) is 3.73. The number of esters is 1. The summed E-state index contributed by atoms with van der Waals surface area (Å²) in [4.78, 5) is 12.7. The molecule has 3 rings (SSSR count). The SMILES string of the molecule is CCC1(O)CCCC12C(=O)OC[C@@H]2[Si](C)(C)c1ccccc1. The van der Waals surface area contributed by atoms with Gasteiger partial charge in [-0.2, -0.15) is 0 Å². The zero-order valence-electron chi connectivity index (χ0n) is 13.8. The number of carbonyl (C=O) groups excluding carboxylic acids is 1. The highest BCUT2D eigenvalue weighted by Gasteiger charge is 2.69. The number of ether oxygens (including phenoxy) is 1. The van der Waals surface area contributed by atoms with Crippen LogP contribution in [0.2, 0.25) is 18.6 Å². The van der Waals surface area contributed by atoms with Crippen LogP contribution in [0.1, 0.15) is 32.6 Å². The maximum absolute atomic E-state index is 12.7. The number of aliphatic hydroxyl groups is 1. The Bertz CT molecular complexity index is 571. The highest BCUT2D eigenvalue weighted by atomic mass is 28.3. The summed E-state index contributed by atoms with van der Waals surface area (Å²) in [7, 11) is -1.94. The van der Waals surface area contributed by atoms with Gasteiger partial charge in [0.2, 0.25) is 0 Å². The molecule has 1 aliphatic heterocycles. The van der Waals surface area contributed by atoms with Gasteiger partial charge < -0.3 is 9.84 Å². The molecular weight excluding hydrogens is 292 g/mol. The lowest BCUT2D eigenvalue weighted by atomic mass is 9.71. The molecule has 4 heteroatoms. The van der Waals surface area contributed by atoms with Crippen LogP contribution in [0.5, 0.6) is 0 Å². The van der Waals surface area contributed by atoms with Crippen LogP contribution in [-0.4, -0.2) is 31.4 Å². The molecule has 22 heavy (non-hydrogen) atoms. The molecule has 0 bridgehead atoms. The Hall–Kier alpha value is -1.13. The highest BCUT2D eigenvalue weighted by molar-refractivity contribution is 6.91. The molecule has 1 heterocycles. The Morgan fingerprint density at radius 2 is 1.95 bits per heavy atom. The van der Waals surface area contributed by atoms with Crippen molar-refractivity contribution in [2.75, 3.05) is 6.61 Å². The van der Waals surface area contributed by atoms with Crippen LogP contribution in [-0.2, 0) is 9.53 Å². The van der Waals surface area contributed by atoms with E-state index in [1.807, 2.05) is 13.0 Å². The molecular formula is C18H26O3Si. The second-order valence-corrected chi connectivity index (χ2v) is 12.2. The smallest absolute Gasteiger partial charge is 0.315 e. The van der Waals surface area contributed by atoms with Gasteiger partial charge in [-0.05, 0) is 25.7 Å². The number of rotatable bonds is 3. The number of benzene rings is 1. The van der Waals surface area contributed by atoms with Crippen molar-refractivity contribution >= 4 is 19.2 Å². The van der Waals surface area contributed by atoms with Gasteiger partial charge in [0, 0.05) is 5.54 Å². The molecule has 1 spiro atoms. The summed E-state index contributed by atoms with van der Waals surface area (Å²) < 4.78 is 5.54. The summed E-state index contributed by atoms with van der Waals surface area (Å²) in [5.41, 5.74) is -1.44. The lowest BCUT2D eigenvalue weighted by Crippen LogP contribution is -2.58. The molecule has 1 N–H and O–H groups in total. The first-order chi connectivity index (χ1) is 10.4. The van der Waals surface area contributed by atoms with Crippen molar-refractivity contribution in [3.63, 3.8) is 0 Å². The van der Waals surface area contributed by atoms with Crippen LogP contribution >= 0.6 is 0 Å². The van der Waals surface area contributed by atoms with Gasteiger partial charge in [0.05, 0.1) is 20.3 Å². The molecule has 0 aromatic heterocycles. The normalized spacial score (nSPS) is 35.1. The van der Waals surface area contributed by atoms with Gasteiger partial charge in [-0.25, -0.2) is 0 Å². The molecule has 1 aromatic rings. The topological polar surface area (TPSA) is 46.5 Å². The van der Waals surface area contributed by atoms with E-state index >= 15 is 0 Å². The fraction of sp³-hybridized carbons (Fsp3) is 0.611. The number of hydrogen-bond donors (Lipinski definition) is 1. The average molecular weight is 318 g/mol. The maximum atomic E-state index is 12.7. The Morgan fingerprint density at radius 3 is 2.59 bits per heavy atom. The van der Waals surface area contributed by atoms with Gasteiger partial charge in [-0.3, -0.25) is 4.79 Å². The minimum atomic E-state index is -1.94. The molecule has 2 unspecified atom stereocenters. The number of cyclic esters (lactones) is 1.